The van der Waals surface area contributed by atoms with Crippen LogP contribution < -0.4 is 4.90 Å². The number of carbonyl (C=O) groups excluding carboxylic acids is 2. The van der Waals surface area contributed by atoms with Gasteiger partial charge in [-0.15, -0.1) is 33.3 Å². The third-order valence-electron chi connectivity index (χ3n) is 5.90. The average molecular weight is 601 g/mol. The van der Waals surface area contributed by atoms with Gasteiger partial charge in [0.25, 0.3) is 5.91 Å². The number of ketones is 1. The molecule has 2 aromatic carbocycles. The summed E-state index contributed by atoms with van der Waals surface area (Å²) in [6.07, 6.45) is 1.97. The Kier molecular flexibility index (Phi) is 7.92. The summed E-state index contributed by atoms with van der Waals surface area (Å²) in [6, 6.07) is 14.3. The predicted octanol–water partition coefficient (Wildman–Crippen LogP) is 7.06. The molecule has 38 heavy (non-hydrogen) atoms. The molecule has 1 N–H and O–H groups in total. The second-order valence-electron chi connectivity index (χ2n) is 8.32. The van der Waals surface area contributed by atoms with Crippen molar-refractivity contribution >= 4 is 74.6 Å². The molecule has 1 amide bonds. The number of aromatic nitrogens is 3. The molecule has 194 valence electrons. The maximum absolute atomic E-state index is 13.7. The van der Waals surface area contributed by atoms with Crippen LogP contribution in [-0.4, -0.2) is 38.2 Å². The lowest BCUT2D eigenvalue weighted by Gasteiger charge is -2.24. The summed E-state index contributed by atoms with van der Waals surface area (Å²) in [7, 11) is 0. The van der Waals surface area contributed by atoms with Crippen LogP contribution in [0.25, 0.3) is 0 Å². The molecule has 0 spiro atoms. The molecule has 0 aliphatic carbocycles. The van der Waals surface area contributed by atoms with Crippen molar-refractivity contribution in [1.82, 2.24) is 15.2 Å². The quantitative estimate of drug-likeness (QED) is 0.130. The van der Waals surface area contributed by atoms with Crippen molar-refractivity contribution in [3.8, 4) is 0 Å². The highest BCUT2D eigenvalue weighted by molar-refractivity contribution is 8.00. The maximum atomic E-state index is 13.7. The molecule has 1 aliphatic heterocycles. The van der Waals surface area contributed by atoms with E-state index in [-0.39, 0.29) is 5.57 Å². The van der Waals surface area contributed by atoms with E-state index in [1.165, 1.54) is 39.3 Å². The Morgan fingerprint density at radius 3 is 2.50 bits per heavy atom. The number of Topliss-reactive ketones (excluding diaryl/α,β-unsaturated/α-hetero) is 1. The summed E-state index contributed by atoms with van der Waals surface area (Å²) in [5.74, 6) is -1.11. The number of thiazole rings is 1. The van der Waals surface area contributed by atoms with E-state index in [0.29, 0.717) is 36.4 Å². The Hall–Kier alpha value is -2.70. The SMILES string of the molecule is CSc1ccc(C2C(C(=O)c3sc(C)nc3C)=C(O)C(=O)N2c2nnc(SCc3ccccc3Cl)s2)cc1. The van der Waals surface area contributed by atoms with E-state index in [1.54, 1.807) is 18.7 Å². The first kappa shape index (κ1) is 26.9. The number of anilines is 1. The second-order valence-corrected chi connectivity index (χ2v) is 13.0. The van der Waals surface area contributed by atoms with Gasteiger partial charge in [-0.3, -0.25) is 14.5 Å². The number of aliphatic hydroxyl groups is 1. The molecule has 0 saturated heterocycles. The fourth-order valence-corrected chi connectivity index (χ4v) is 7.55. The largest absolute Gasteiger partial charge is 0.503 e. The van der Waals surface area contributed by atoms with Gasteiger partial charge in [-0.25, -0.2) is 4.98 Å². The van der Waals surface area contributed by atoms with Crippen molar-refractivity contribution in [3.05, 3.63) is 91.6 Å². The molecule has 7 nitrogen and oxygen atoms in total. The smallest absolute Gasteiger partial charge is 0.296 e. The molecule has 0 saturated carbocycles. The Morgan fingerprint density at radius 1 is 1.11 bits per heavy atom. The zero-order valence-electron chi connectivity index (χ0n) is 20.5. The van der Waals surface area contributed by atoms with Gasteiger partial charge < -0.3 is 5.11 Å². The lowest BCUT2D eigenvalue weighted by Crippen LogP contribution is -2.31. The van der Waals surface area contributed by atoms with E-state index in [2.05, 4.69) is 15.2 Å². The number of hydrogen-bond acceptors (Lipinski definition) is 10. The monoisotopic (exact) mass is 600 g/mol. The number of aryl methyl sites for hydroxylation is 2. The van der Waals surface area contributed by atoms with Crippen LogP contribution in [0.4, 0.5) is 5.13 Å². The third kappa shape index (κ3) is 5.13. The number of halogens is 1. The van der Waals surface area contributed by atoms with Gasteiger partial charge >= 0.3 is 0 Å². The molecule has 2 aromatic heterocycles. The lowest BCUT2D eigenvalue weighted by molar-refractivity contribution is -0.117. The van der Waals surface area contributed by atoms with Crippen LogP contribution in [0.3, 0.4) is 0 Å². The first-order valence-electron chi connectivity index (χ1n) is 11.4. The summed E-state index contributed by atoms with van der Waals surface area (Å²) < 4.78 is 0.636. The molecule has 1 aliphatic rings. The molecular weight excluding hydrogens is 580 g/mol. The van der Waals surface area contributed by atoms with E-state index in [1.807, 2.05) is 61.7 Å². The Bertz CT molecular complexity index is 1560. The van der Waals surface area contributed by atoms with Crippen LogP contribution in [0.1, 0.15) is 37.5 Å². The summed E-state index contributed by atoms with van der Waals surface area (Å²) >= 11 is 11.8. The number of carbonyl (C=O) groups is 2. The Labute approximate surface area is 241 Å². The van der Waals surface area contributed by atoms with Crippen molar-refractivity contribution in [2.75, 3.05) is 11.2 Å². The fourth-order valence-electron chi connectivity index (χ4n) is 4.11. The average Bonchev–Trinajstić information content (AvgIpc) is 3.59. The van der Waals surface area contributed by atoms with E-state index in [4.69, 9.17) is 11.6 Å². The highest BCUT2D eigenvalue weighted by Crippen LogP contribution is 2.45. The van der Waals surface area contributed by atoms with Crippen LogP contribution in [-0.2, 0) is 10.5 Å². The standard InChI is InChI=1S/C26H21ClN4O3S4/c1-13-23(37-14(2)28-13)21(32)19-20(15-8-10-17(35-3)11-9-15)31(24(34)22(19)33)25-29-30-26(38-25)36-12-16-6-4-5-7-18(16)27/h4-11,20,33H,12H2,1-3H3. The number of thioether (sulfide) groups is 2. The van der Waals surface area contributed by atoms with Crippen molar-refractivity contribution in [2.45, 2.75) is 34.9 Å². The fraction of sp³-hybridized carbons (Fsp3) is 0.192. The molecule has 0 fully saturated rings. The van der Waals surface area contributed by atoms with Crippen molar-refractivity contribution in [3.63, 3.8) is 0 Å². The summed E-state index contributed by atoms with van der Waals surface area (Å²) in [5, 5.41) is 21.3. The van der Waals surface area contributed by atoms with E-state index < -0.39 is 23.5 Å². The van der Waals surface area contributed by atoms with Gasteiger partial charge in [0.2, 0.25) is 10.9 Å². The number of aliphatic hydroxyl groups excluding tert-OH is 1. The maximum Gasteiger partial charge on any atom is 0.296 e. The number of nitrogens with zero attached hydrogens (tertiary/aromatic N) is 4. The first-order chi connectivity index (χ1) is 18.3. The Balaban J connectivity index is 1.52. The predicted molar refractivity (Wildman–Crippen MR) is 155 cm³/mol. The summed E-state index contributed by atoms with van der Waals surface area (Å²) in [6.45, 7) is 3.56. The summed E-state index contributed by atoms with van der Waals surface area (Å²) in [5.41, 5.74) is 2.22. The molecule has 1 unspecified atom stereocenters. The van der Waals surface area contributed by atoms with Crippen LogP contribution in [0.5, 0.6) is 0 Å². The molecule has 5 rings (SSSR count). The molecule has 4 aromatic rings. The van der Waals surface area contributed by atoms with Crippen LogP contribution in [0, 0.1) is 13.8 Å². The molecule has 3 heterocycles. The normalized spacial score (nSPS) is 15.5. The van der Waals surface area contributed by atoms with Crippen LogP contribution in [0.15, 0.2) is 69.1 Å². The molecule has 0 bridgehead atoms. The van der Waals surface area contributed by atoms with E-state index in [0.717, 1.165) is 15.5 Å². The molecular formula is C26H21ClN4O3S4. The number of hydrogen-bond donors (Lipinski definition) is 1. The molecule has 12 heteroatoms. The zero-order valence-corrected chi connectivity index (χ0v) is 24.5. The van der Waals surface area contributed by atoms with E-state index in [9.17, 15) is 14.7 Å². The minimum Gasteiger partial charge on any atom is -0.503 e. The lowest BCUT2D eigenvalue weighted by atomic mass is 9.95. The van der Waals surface area contributed by atoms with Crippen LogP contribution >= 0.6 is 57.8 Å². The van der Waals surface area contributed by atoms with Gasteiger partial charge in [0.05, 0.1) is 27.2 Å². The summed E-state index contributed by atoms with van der Waals surface area (Å²) in [4.78, 5) is 34.3. The highest BCUT2D eigenvalue weighted by Gasteiger charge is 2.46. The van der Waals surface area contributed by atoms with Crippen LogP contribution in [0.2, 0.25) is 5.02 Å². The van der Waals surface area contributed by atoms with Gasteiger partial charge in [0, 0.05) is 15.7 Å². The minimum absolute atomic E-state index is 0.0131. The van der Waals surface area contributed by atoms with Crippen molar-refractivity contribution in [1.29, 1.82) is 0 Å². The number of rotatable bonds is 8. The molecule has 1 atom stereocenters. The third-order valence-corrected chi connectivity index (χ3v) is 10.2. The van der Waals surface area contributed by atoms with Gasteiger partial charge in [-0.05, 0) is 49.4 Å². The topological polar surface area (TPSA) is 96.3 Å². The highest BCUT2D eigenvalue weighted by atomic mass is 35.5. The van der Waals surface area contributed by atoms with Gasteiger partial charge in [0.1, 0.15) is 0 Å². The molecule has 0 radical (unpaired) electrons. The van der Waals surface area contributed by atoms with Gasteiger partial charge in [0.15, 0.2) is 10.1 Å². The number of benzene rings is 2. The Morgan fingerprint density at radius 2 is 1.84 bits per heavy atom. The van der Waals surface area contributed by atoms with Gasteiger partial charge in [-0.2, -0.15) is 0 Å². The first-order valence-corrected chi connectivity index (χ1v) is 15.6. The minimum atomic E-state index is -0.859. The van der Waals surface area contributed by atoms with Crippen molar-refractivity contribution < 1.29 is 14.7 Å². The van der Waals surface area contributed by atoms with E-state index >= 15 is 0 Å². The van der Waals surface area contributed by atoms with Gasteiger partial charge in [-0.1, -0.05) is 65.0 Å². The zero-order chi connectivity index (χ0) is 27.0. The second kappa shape index (κ2) is 11.2. The number of amides is 1. The van der Waals surface area contributed by atoms with Crippen molar-refractivity contribution in [2.24, 2.45) is 0 Å².